The smallest absolute Gasteiger partial charge is 0.111 e. The van der Waals surface area contributed by atoms with E-state index < -0.39 is 74.3 Å². The average molecular weight is 370 g/mol. The number of aliphatic hydroxyl groups excluding tert-OH is 8. The highest BCUT2D eigenvalue weighted by atomic mass is 16.6. The standard InChI is InChI=1S/C14H26O11/c15-1-5-9(17)13(21)11(19)7(24-5)3-23-4-8-12(20)14(22)10(18)6(2-16)25-8/h5-22H,1-4H2/t5?,6?,7-,8-,9-,10-,11?,12?,13-,14?/m0/s1. The molecular weight excluding hydrogens is 344 g/mol. The lowest BCUT2D eigenvalue weighted by Crippen LogP contribution is -2.61. The van der Waals surface area contributed by atoms with Crippen molar-refractivity contribution in [3.63, 3.8) is 0 Å². The van der Waals surface area contributed by atoms with E-state index >= 15 is 0 Å². The Kier molecular flexibility index (Phi) is 7.49. The number of rotatable bonds is 6. The van der Waals surface area contributed by atoms with Gasteiger partial charge in [0.05, 0.1) is 26.4 Å². The molecule has 10 atom stereocenters. The van der Waals surface area contributed by atoms with E-state index in [4.69, 9.17) is 24.4 Å². The van der Waals surface area contributed by atoms with Crippen molar-refractivity contribution in [1.29, 1.82) is 0 Å². The van der Waals surface area contributed by atoms with E-state index in [1.54, 1.807) is 0 Å². The van der Waals surface area contributed by atoms with Gasteiger partial charge in [-0.25, -0.2) is 0 Å². The van der Waals surface area contributed by atoms with Crippen LogP contribution >= 0.6 is 0 Å². The molecule has 2 aliphatic rings. The molecule has 25 heavy (non-hydrogen) atoms. The first kappa shape index (κ1) is 20.9. The SMILES string of the molecule is OCC1O[C@@H](COC[C@@H]2OC(CO)[C@H](O)[C@H](O)C2O)C(O)C(O)[C@H]1O. The van der Waals surface area contributed by atoms with Crippen molar-refractivity contribution in [2.75, 3.05) is 26.4 Å². The minimum Gasteiger partial charge on any atom is -0.394 e. The fourth-order valence-electron chi connectivity index (χ4n) is 2.93. The molecule has 5 unspecified atom stereocenters. The van der Waals surface area contributed by atoms with Crippen LogP contribution in [0.3, 0.4) is 0 Å². The maximum atomic E-state index is 9.88. The van der Waals surface area contributed by atoms with Crippen molar-refractivity contribution in [2.24, 2.45) is 0 Å². The Hall–Kier alpha value is -0.440. The molecule has 0 aromatic rings. The van der Waals surface area contributed by atoms with Gasteiger partial charge in [-0.1, -0.05) is 0 Å². The lowest BCUT2D eigenvalue weighted by molar-refractivity contribution is -0.254. The van der Waals surface area contributed by atoms with Crippen LogP contribution in [0.5, 0.6) is 0 Å². The maximum absolute atomic E-state index is 9.88. The average Bonchev–Trinajstić information content (AvgIpc) is 2.61. The third-order valence-corrected chi connectivity index (χ3v) is 4.55. The fourth-order valence-corrected chi connectivity index (χ4v) is 2.93. The van der Waals surface area contributed by atoms with Crippen molar-refractivity contribution < 1.29 is 55.1 Å². The van der Waals surface area contributed by atoms with Gasteiger partial charge in [0, 0.05) is 0 Å². The third kappa shape index (κ3) is 4.46. The number of aliphatic hydroxyl groups is 8. The first-order chi connectivity index (χ1) is 11.8. The zero-order chi connectivity index (χ0) is 18.7. The molecule has 0 spiro atoms. The molecule has 8 N–H and O–H groups in total. The Bertz CT molecular complexity index is 370. The summed E-state index contributed by atoms with van der Waals surface area (Å²) in [6.45, 7) is -1.63. The monoisotopic (exact) mass is 370 g/mol. The molecule has 2 rings (SSSR count). The summed E-state index contributed by atoms with van der Waals surface area (Å²) < 4.78 is 15.8. The van der Waals surface area contributed by atoms with E-state index in [1.165, 1.54) is 0 Å². The predicted octanol–water partition coefficient (Wildman–Crippen LogP) is -5.31. The lowest BCUT2D eigenvalue weighted by Gasteiger charge is -2.41. The van der Waals surface area contributed by atoms with E-state index in [0.29, 0.717) is 0 Å². The second-order valence-corrected chi connectivity index (χ2v) is 6.27. The van der Waals surface area contributed by atoms with Crippen LogP contribution in [0.1, 0.15) is 0 Å². The van der Waals surface area contributed by atoms with E-state index in [9.17, 15) is 30.6 Å². The van der Waals surface area contributed by atoms with Gasteiger partial charge < -0.3 is 55.1 Å². The van der Waals surface area contributed by atoms with Gasteiger partial charge in [-0.05, 0) is 0 Å². The molecule has 2 heterocycles. The lowest BCUT2D eigenvalue weighted by atomic mass is 9.95. The Morgan fingerprint density at radius 2 is 0.840 bits per heavy atom. The number of hydrogen-bond donors (Lipinski definition) is 8. The molecular formula is C14H26O11. The van der Waals surface area contributed by atoms with Gasteiger partial charge in [0.25, 0.3) is 0 Å². The van der Waals surface area contributed by atoms with Crippen LogP contribution in [0, 0.1) is 0 Å². The molecule has 11 nitrogen and oxygen atoms in total. The van der Waals surface area contributed by atoms with E-state index in [1.807, 2.05) is 0 Å². The molecule has 148 valence electrons. The van der Waals surface area contributed by atoms with Gasteiger partial charge in [0.15, 0.2) is 0 Å². The normalized spacial score (nSPS) is 48.5. The van der Waals surface area contributed by atoms with Crippen LogP contribution in [-0.2, 0) is 14.2 Å². The zero-order valence-electron chi connectivity index (χ0n) is 13.4. The van der Waals surface area contributed by atoms with Crippen LogP contribution < -0.4 is 0 Å². The predicted molar refractivity (Wildman–Crippen MR) is 78.4 cm³/mol. The summed E-state index contributed by atoms with van der Waals surface area (Å²) in [7, 11) is 0. The summed E-state index contributed by atoms with van der Waals surface area (Å²) in [4.78, 5) is 0. The van der Waals surface area contributed by atoms with Gasteiger partial charge >= 0.3 is 0 Å². The Morgan fingerprint density at radius 3 is 1.16 bits per heavy atom. The highest BCUT2D eigenvalue weighted by Crippen LogP contribution is 2.23. The van der Waals surface area contributed by atoms with Gasteiger partial charge in [0.1, 0.15) is 61.0 Å². The third-order valence-electron chi connectivity index (χ3n) is 4.55. The molecule has 0 aliphatic carbocycles. The largest absolute Gasteiger partial charge is 0.394 e. The summed E-state index contributed by atoms with van der Waals surface area (Å²) >= 11 is 0. The van der Waals surface area contributed by atoms with E-state index in [0.717, 1.165) is 0 Å². The van der Waals surface area contributed by atoms with Crippen molar-refractivity contribution in [3.05, 3.63) is 0 Å². The molecule has 0 bridgehead atoms. The van der Waals surface area contributed by atoms with Gasteiger partial charge in [-0.2, -0.15) is 0 Å². The van der Waals surface area contributed by atoms with E-state index in [2.05, 4.69) is 0 Å². The Morgan fingerprint density at radius 1 is 0.520 bits per heavy atom. The summed E-state index contributed by atoms with van der Waals surface area (Å²) in [6, 6.07) is 0. The second kappa shape index (κ2) is 8.97. The van der Waals surface area contributed by atoms with Crippen LogP contribution in [-0.4, -0.2) is 128 Å². The van der Waals surface area contributed by atoms with Gasteiger partial charge in [-0.15, -0.1) is 0 Å². The highest BCUT2D eigenvalue weighted by molar-refractivity contribution is 4.93. The highest BCUT2D eigenvalue weighted by Gasteiger charge is 2.45. The molecule has 0 saturated carbocycles. The Balaban J connectivity index is 1.87. The van der Waals surface area contributed by atoms with Crippen LogP contribution in [0.4, 0.5) is 0 Å². The topological polar surface area (TPSA) is 190 Å². The first-order valence-corrected chi connectivity index (χ1v) is 8.00. The van der Waals surface area contributed by atoms with Gasteiger partial charge in [-0.3, -0.25) is 0 Å². The molecule has 2 aliphatic heterocycles. The number of ether oxygens (including phenoxy) is 3. The summed E-state index contributed by atoms with van der Waals surface area (Å²) in [5, 5.41) is 76.7. The molecule has 2 saturated heterocycles. The van der Waals surface area contributed by atoms with Crippen molar-refractivity contribution in [2.45, 2.75) is 61.0 Å². The zero-order valence-corrected chi connectivity index (χ0v) is 13.4. The maximum Gasteiger partial charge on any atom is 0.111 e. The quantitative estimate of drug-likeness (QED) is 0.223. The summed E-state index contributed by atoms with van der Waals surface area (Å²) in [5.41, 5.74) is 0. The van der Waals surface area contributed by atoms with Crippen molar-refractivity contribution in [1.82, 2.24) is 0 Å². The summed E-state index contributed by atoms with van der Waals surface area (Å²) in [6.07, 6.45) is -13.1. The molecule has 0 aromatic heterocycles. The van der Waals surface area contributed by atoms with Crippen molar-refractivity contribution in [3.8, 4) is 0 Å². The molecule has 0 amide bonds. The van der Waals surface area contributed by atoms with Crippen molar-refractivity contribution >= 4 is 0 Å². The van der Waals surface area contributed by atoms with Gasteiger partial charge in [0.2, 0.25) is 0 Å². The Labute approximate surface area is 143 Å². The number of hydrogen-bond acceptors (Lipinski definition) is 11. The molecule has 0 radical (unpaired) electrons. The summed E-state index contributed by atoms with van der Waals surface area (Å²) in [5.74, 6) is 0. The minimum atomic E-state index is -1.52. The van der Waals surface area contributed by atoms with E-state index in [-0.39, 0.29) is 13.2 Å². The van der Waals surface area contributed by atoms with Crippen LogP contribution in [0.2, 0.25) is 0 Å². The second-order valence-electron chi connectivity index (χ2n) is 6.27. The first-order valence-electron chi connectivity index (χ1n) is 8.00. The van der Waals surface area contributed by atoms with Crippen LogP contribution in [0.15, 0.2) is 0 Å². The van der Waals surface area contributed by atoms with Crippen LogP contribution in [0.25, 0.3) is 0 Å². The molecule has 2 fully saturated rings. The molecule has 11 heteroatoms. The molecule has 0 aromatic carbocycles. The fraction of sp³-hybridized carbons (Fsp3) is 1.00. The minimum absolute atomic E-state index is 0.254.